The molecule has 0 unspecified atom stereocenters. The molecule has 0 aliphatic carbocycles. The molecule has 0 amide bonds. The molecule has 0 N–H and O–H groups in total. The SMILES string of the molecule is c1ccc2c(c1)cc(-c1c3ccccc3c(-c3cc4ccccc4c4c3oc3ccccc34)c3ccccc13)c1ccccc12. The highest BCUT2D eigenvalue weighted by Crippen LogP contribution is 2.49. The maximum Gasteiger partial charge on any atom is 0.143 e. The van der Waals surface area contributed by atoms with E-state index in [1.807, 2.05) is 0 Å². The number of furan rings is 1. The van der Waals surface area contributed by atoms with Gasteiger partial charge in [-0.15, -0.1) is 0 Å². The summed E-state index contributed by atoms with van der Waals surface area (Å²) < 4.78 is 6.76. The maximum absolute atomic E-state index is 6.76. The normalized spacial score (nSPS) is 12.0. The Morgan fingerprint density at radius 2 is 0.733 bits per heavy atom. The molecule has 0 atom stereocenters. The lowest BCUT2D eigenvalue weighted by atomic mass is 9.83. The van der Waals surface area contributed by atoms with Crippen LogP contribution in [0, 0.1) is 0 Å². The van der Waals surface area contributed by atoms with Gasteiger partial charge < -0.3 is 4.42 Å². The van der Waals surface area contributed by atoms with Crippen LogP contribution in [0.4, 0.5) is 0 Å². The minimum absolute atomic E-state index is 0.915. The van der Waals surface area contributed by atoms with E-state index in [4.69, 9.17) is 4.42 Å². The van der Waals surface area contributed by atoms with Crippen LogP contribution in [0.1, 0.15) is 0 Å². The van der Waals surface area contributed by atoms with E-state index in [0.717, 1.165) is 22.1 Å². The van der Waals surface area contributed by atoms with Crippen molar-refractivity contribution in [3.8, 4) is 22.3 Å². The largest absolute Gasteiger partial charge is 0.455 e. The summed E-state index contributed by atoms with van der Waals surface area (Å²) in [6.45, 7) is 0. The highest BCUT2D eigenvalue weighted by molar-refractivity contribution is 6.29. The van der Waals surface area contributed by atoms with Crippen LogP contribution in [-0.2, 0) is 0 Å². The monoisotopic (exact) mass is 570 g/mol. The van der Waals surface area contributed by atoms with Gasteiger partial charge in [0.1, 0.15) is 11.2 Å². The molecule has 1 nitrogen and oxygen atoms in total. The van der Waals surface area contributed by atoms with E-state index in [9.17, 15) is 0 Å². The van der Waals surface area contributed by atoms with E-state index in [0.29, 0.717) is 0 Å². The molecule has 1 aromatic heterocycles. The van der Waals surface area contributed by atoms with Crippen molar-refractivity contribution in [3.05, 3.63) is 158 Å². The number of para-hydroxylation sites is 1. The predicted octanol–water partition coefficient (Wildman–Crippen LogP) is 12.7. The average Bonchev–Trinajstić information content (AvgIpc) is 3.50. The minimum atomic E-state index is 0.915. The van der Waals surface area contributed by atoms with Gasteiger partial charge in [0, 0.05) is 21.9 Å². The van der Waals surface area contributed by atoms with Gasteiger partial charge in [-0.1, -0.05) is 140 Å². The highest BCUT2D eigenvalue weighted by Gasteiger charge is 2.22. The smallest absolute Gasteiger partial charge is 0.143 e. The summed E-state index contributed by atoms with van der Waals surface area (Å²) in [6.07, 6.45) is 0. The van der Waals surface area contributed by atoms with Crippen molar-refractivity contribution in [2.24, 2.45) is 0 Å². The first-order chi connectivity index (χ1) is 22.3. The number of hydrogen-bond donors (Lipinski definition) is 0. The Morgan fingerprint density at radius 3 is 1.38 bits per heavy atom. The summed E-state index contributed by atoms with van der Waals surface area (Å²) in [4.78, 5) is 0. The summed E-state index contributed by atoms with van der Waals surface area (Å²) in [6, 6.07) is 57.2. The fourth-order valence-corrected chi connectivity index (χ4v) is 7.73. The second kappa shape index (κ2) is 9.29. The first kappa shape index (κ1) is 24.5. The van der Waals surface area contributed by atoms with Gasteiger partial charge in [-0.25, -0.2) is 0 Å². The molecule has 0 saturated heterocycles. The van der Waals surface area contributed by atoms with Gasteiger partial charge in [0.2, 0.25) is 0 Å². The molecule has 9 aromatic carbocycles. The van der Waals surface area contributed by atoms with Crippen LogP contribution in [0.2, 0.25) is 0 Å². The van der Waals surface area contributed by atoms with E-state index >= 15 is 0 Å². The molecule has 45 heavy (non-hydrogen) atoms. The first-order valence-corrected chi connectivity index (χ1v) is 15.5. The molecule has 0 spiro atoms. The molecule has 208 valence electrons. The minimum Gasteiger partial charge on any atom is -0.455 e. The number of rotatable bonds is 2. The Morgan fingerprint density at radius 1 is 0.311 bits per heavy atom. The van der Waals surface area contributed by atoms with Gasteiger partial charge in [0.25, 0.3) is 0 Å². The summed E-state index contributed by atoms with van der Waals surface area (Å²) >= 11 is 0. The molecule has 10 aromatic rings. The molecule has 0 bridgehead atoms. The van der Waals surface area contributed by atoms with Crippen LogP contribution in [-0.4, -0.2) is 0 Å². The number of hydrogen-bond acceptors (Lipinski definition) is 1. The van der Waals surface area contributed by atoms with Crippen LogP contribution < -0.4 is 0 Å². The van der Waals surface area contributed by atoms with E-state index in [-0.39, 0.29) is 0 Å². The summed E-state index contributed by atoms with van der Waals surface area (Å²) in [5, 5.41) is 14.8. The highest BCUT2D eigenvalue weighted by atomic mass is 16.3. The average molecular weight is 571 g/mol. The van der Waals surface area contributed by atoms with Gasteiger partial charge in [-0.05, 0) is 83.2 Å². The fourth-order valence-electron chi connectivity index (χ4n) is 7.73. The molecule has 0 saturated carbocycles. The first-order valence-electron chi connectivity index (χ1n) is 15.5. The van der Waals surface area contributed by atoms with Crippen molar-refractivity contribution in [2.75, 3.05) is 0 Å². The van der Waals surface area contributed by atoms with E-state index in [1.54, 1.807) is 0 Å². The molecule has 0 fully saturated rings. The lowest BCUT2D eigenvalue weighted by Gasteiger charge is -2.20. The van der Waals surface area contributed by atoms with Crippen molar-refractivity contribution in [2.45, 2.75) is 0 Å². The van der Waals surface area contributed by atoms with Crippen molar-refractivity contribution >= 4 is 75.8 Å². The van der Waals surface area contributed by atoms with Crippen molar-refractivity contribution in [3.63, 3.8) is 0 Å². The predicted molar refractivity (Wildman–Crippen MR) is 192 cm³/mol. The second-order valence-electron chi connectivity index (χ2n) is 12.0. The van der Waals surface area contributed by atoms with Crippen LogP contribution >= 0.6 is 0 Å². The van der Waals surface area contributed by atoms with E-state index in [2.05, 4.69) is 158 Å². The molecular formula is C44H26O. The zero-order valence-electron chi connectivity index (χ0n) is 24.4. The Kier molecular flexibility index (Phi) is 5.06. The van der Waals surface area contributed by atoms with Crippen LogP contribution in [0.15, 0.2) is 162 Å². The summed E-state index contributed by atoms with van der Waals surface area (Å²) in [5.41, 5.74) is 6.73. The van der Waals surface area contributed by atoms with Gasteiger partial charge in [-0.2, -0.15) is 0 Å². The third kappa shape index (κ3) is 3.44. The molecule has 1 heterocycles. The number of fused-ring (bicyclic) bond motifs is 10. The molecule has 0 aliphatic heterocycles. The quantitative estimate of drug-likeness (QED) is 0.149. The third-order valence-electron chi connectivity index (χ3n) is 9.61. The molecule has 1 heteroatoms. The van der Waals surface area contributed by atoms with Gasteiger partial charge >= 0.3 is 0 Å². The van der Waals surface area contributed by atoms with Crippen molar-refractivity contribution in [1.29, 1.82) is 0 Å². The maximum atomic E-state index is 6.76. The molecule has 10 rings (SSSR count). The molecule has 0 aliphatic rings. The van der Waals surface area contributed by atoms with Crippen molar-refractivity contribution < 1.29 is 4.42 Å². The van der Waals surface area contributed by atoms with Crippen molar-refractivity contribution in [1.82, 2.24) is 0 Å². The zero-order valence-corrected chi connectivity index (χ0v) is 24.4. The summed E-state index contributed by atoms with van der Waals surface area (Å²) in [7, 11) is 0. The van der Waals surface area contributed by atoms with E-state index in [1.165, 1.54) is 75.9 Å². The lowest BCUT2D eigenvalue weighted by molar-refractivity contribution is 0.670. The Hall–Kier alpha value is -5.92. The zero-order chi connectivity index (χ0) is 29.5. The van der Waals surface area contributed by atoms with Crippen LogP contribution in [0.3, 0.4) is 0 Å². The fraction of sp³-hybridized carbons (Fsp3) is 0. The number of benzene rings is 9. The van der Waals surface area contributed by atoms with Gasteiger partial charge in [-0.3, -0.25) is 0 Å². The van der Waals surface area contributed by atoms with Crippen LogP contribution in [0.25, 0.3) is 98.1 Å². The molecular weight excluding hydrogens is 544 g/mol. The third-order valence-corrected chi connectivity index (χ3v) is 9.61. The standard InChI is InChI=1S/C44H26O/c1-3-15-29-27(13-1)25-38(32-18-6-5-17-31(29)32)41-33-19-7-9-21-35(33)42(36-22-10-8-20-34(36)41)39-26-28-14-2-4-16-30(28)43-37-23-11-12-24-40(37)45-44(39)43/h1-26H. The molecule has 0 radical (unpaired) electrons. The van der Waals surface area contributed by atoms with E-state index < -0.39 is 0 Å². The second-order valence-corrected chi connectivity index (χ2v) is 12.0. The Balaban J connectivity index is 1.42. The summed E-state index contributed by atoms with van der Waals surface area (Å²) in [5.74, 6) is 0. The van der Waals surface area contributed by atoms with Crippen LogP contribution in [0.5, 0.6) is 0 Å². The lowest BCUT2D eigenvalue weighted by Crippen LogP contribution is -1.93. The topological polar surface area (TPSA) is 13.1 Å². The Labute approximate surface area is 259 Å². The Bertz CT molecular complexity index is 2760. The van der Waals surface area contributed by atoms with Gasteiger partial charge in [0.05, 0.1) is 0 Å². The van der Waals surface area contributed by atoms with Gasteiger partial charge in [0.15, 0.2) is 0 Å².